The Morgan fingerprint density at radius 2 is 1.93 bits per heavy atom. The van der Waals surface area contributed by atoms with Crippen LogP contribution in [0, 0.1) is 5.82 Å². The van der Waals surface area contributed by atoms with Crippen molar-refractivity contribution in [1.29, 1.82) is 0 Å². The Balaban J connectivity index is 1.76. The molecule has 2 aliphatic heterocycles. The third kappa shape index (κ3) is 2.97. The van der Waals surface area contributed by atoms with Gasteiger partial charge >= 0.3 is 5.92 Å². The van der Waals surface area contributed by atoms with Crippen LogP contribution in [-0.2, 0) is 16.8 Å². The van der Waals surface area contributed by atoms with E-state index in [9.17, 15) is 13.2 Å². The summed E-state index contributed by atoms with van der Waals surface area (Å²) in [4.78, 5) is 8.14. The molecule has 4 rings (SSSR count). The molecule has 9 heteroatoms. The molecule has 0 spiro atoms. The molecule has 2 aromatic rings. The number of nitrogens with two attached hydrogens (primary N) is 1. The van der Waals surface area contributed by atoms with E-state index in [0.717, 1.165) is 12.5 Å². The number of benzene rings is 2. The van der Waals surface area contributed by atoms with Crippen molar-refractivity contribution in [2.24, 2.45) is 15.7 Å². The van der Waals surface area contributed by atoms with Crippen molar-refractivity contribution in [1.82, 2.24) is 0 Å². The van der Waals surface area contributed by atoms with Crippen LogP contribution in [0.2, 0.25) is 5.02 Å². The molecule has 5 nitrogen and oxygen atoms in total. The molecule has 0 saturated heterocycles. The number of amidine groups is 2. The molecule has 1 unspecified atom stereocenters. The fourth-order valence-corrected chi connectivity index (χ4v) is 3.36. The van der Waals surface area contributed by atoms with E-state index in [4.69, 9.17) is 17.3 Å². The lowest BCUT2D eigenvalue weighted by atomic mass is 9.84. The first-order valence-electron chi connectivity index (χ1n) is 8.46. The normalized spacial score (nSPS) is 23.0. The SMILES string of the molecule is CC1(c2cc3c(cc2F)CN=C(c2ccc(Cl)cc2)N3)N=C(N)OCC1(F)F. The van der Waals surface area contributed by atoms with E-state index in [2.05, 4.69) is 20.0 Å². The molecule has 28 heavy (non-hydrogen) atoms. The highest BCUT2D eigenvalue weighted by atomic mass is 35.5. The van der Waals surface area contributed by atoms with Crippen molar-refractivity contribution >= 4 is 29.1 Å². The highest BCUT2D eigenvalue weighted by Crippen LogP contribution is 2.45. The van der Waals surface area contributed by atoms with Gasteiger partial charge in [-0.1, -0.05) is 11.6 Å². The molecule has 0 amide bonds. The summed E-state index contributed by atoms with van der Waals surface area (Å²) < 4.78 is 48.6. The predicted molar refractivity (Wildman–Crippen MR) is 102 cm³/mol. The molecule has 0 aromatic heterocycles. The Labute approximate surface area is 164 Å². The van der Waals surface area contributed by atoms with Crippen LogP contribution < -0.4 is 11.1 Å². The summed E-state index contributed by atoms with van der Waals surface area (Å²) in [5.41, 5.74) is 4.83. The van der Waals surface area contributed by atoms with Gasteiger partial charge in [0.15, 0.2) is 12.1 Å². The second-order valence-electron chi connectivity index (χ2n) is 6.80. The lowest BCUT2D eigenvalue weighted by Gasteiger charge is -2.38. The Morgan fingerprint density at radius 3 is 2.64 bits per heavy atom. The van der Waals surface area contributed by atoms with Crippen LogP contribution in [0.25, 0.3) is 0 Å². The van der Waals surface area contributed by atoms with Crippen molar-refractivity contribution in [3.63, 3.8) is 0 Å². The second-order valence-corrected chi connectivity index (χ2v) is 7.24. The number of nitrogens with one attached hydrogen (secondary N) is 1. The molecule has 3 N–H and O–H groups in total. The second kappa shape index (κ2) is 6.41. The summed E-state index contributed by atoms with van der Waals surface area (Å²) in [5, 5.41) is 3.66. The Morgan fingerprint density at radius 1 is 1.21 bits per heavy atom. The number of halogens is 4. The summed E-state index contributed by atoms with van der Waals surface area (Å²) >= 11 is 5.90. The van der Waals surface area contributed by atoms with Gasteiger partial charge in [0.2, 0.25) is 0 Å². The standard InChI is InChI=1S/C19H16ClF3N4O/c1-18(19(22,23)9-28-17(24)27-18)13-7-15-11(6-14(13)21)8-25-16(26-15)10-2-4-12(20)5-3-10/h2-7H,8-9H2,1H3,(H2,24,27)(H,25,26). The number of hydrogen-bond acceptors (Lipinski definition) is 5. The van der Waals surface area contributed by atoms with Crippen LogP contribution in [0.15, 0.2) is 46.4 Å². The molecule has 0 saturated carbocycles. The van der Waals surface area contributed by atoms with Crippen molar-refractivity contribution in [2.75, 3.05) is 11.9 Å². The minimum Gasteiger partial charge on any atom is -0.459 e. The van der Waals surface area contributed by atoms with Crippen LogP contribution in [-0.4, -0.2) is 24.4 Å². The summed E-state index contributed by atoms with van der Waals surface area (Å²) in [6, 6.07) is 9.13. The third-order valence-electron chi connectivity index (χ3n) is 4.94. The van der Waals surface area contributed by atoms with E-state index in [-0.39, 0.29) is 12.1 Å². The van der Waals surface area contributed by atoms with Crippen molar-refractivity contribution in [2.45, 2.75) is 24.9 Å². The van der Waals surface area contributed by atoms with E-state index in [0.29, 0.717) is 22.1 Å². The minimum atomic E-state index is -3.44. The number of nitrogens with zero attached hydrogens (tertiary/aromatic N) is 2. The van der Waals surface area contributed by atoms with Crippen molar-refractivity contribution < 1.29 is 17.9 Å². The van der Waals surface area contributed by atoms with Crippen LogP contribution in [0.5, 0.6) is 0 Å². The van der Waals surface area contributed by atoms with Crippen LogP contribution >= 0.6 is 11.6 Å². The largest absolute Gasteiger partial charge is 0.459 e. The summed E-state index contributed by atoms with van der Waals surface area (Å²) in [5.74, 6) is -3.70. The molecule has 2 aromatic carbocycles. The molecule has 0 radical (unpaired) electrons. The van der Waals surface area contributed by atoms with Gasteiger partial charge < -0.3 is 15.8 Å². The first-order valence-corrected chi connectivity index (χ1v) is 8.84. The van der Waals surface area contributed by atoms with Gasteiger partial charge in [-0.15, -0.1) is 0 Å². The maximum absolute atomic E-state index is 14.8. The first kappa shape index (κ1) is 18.6. The van der Waals surface area contributed by atoms with Gasteiger partial charge in [-0.3, -0.25) is 4.99 Å². The number of hydrogen-bond donors (Lipinski definition) is 2. The van der Waals surface area contributed by atoms with Gasteiger partial charge in [0.05, 0.1) is 6.54 Å². The van der Waals surface area contributed by atoms with Gasteiger partial charge in [-0.05, 0) is 43.3 Å². The molecule has 146 valence electrons. The summed E-state index contributed by atoms with van der Waals surface area (Å²) in [7, 11) is 0. The highest BCUT2D eigenvalue weighted by molar-refractivity contribution is 6.30. The monoisotopic (exact) mass is 408 g/mol. The maximum atomic E-state index is 14.8. The Kier molecular flexibility index (Phi) is 4.26. The third-order valence-corrected chi connectivity index (χ3v) is 5.19. The van der Waals surface area contributed by atoms with E-state index in [1.807, 2.05) is 0 Å². The van der Waals surface area contributed by atoms with Crippen LogP contribution in [0.3, 0.4) is 0 Å². The topological polar surface area (TPSA) is 72.0 Å². The zero-order valence-electron chi connectivity index (χ0n) is 14.8. The zero-order chi connectivity index (χ0) is 20.1. The smallest absolute Gasteiger partial charge is 0.310 e. The molecule has 1 atom stereocenters. The molecule has 0 aliphatic carbocycles. The van der Waals surface area contributed by atoms with Gasteiger partial charge in [0.25, 0.3) is 6.02 Å². The number of alkyl halides is 2. The zero-order valence-corrected chi connectivity index (χ0v) is 15.5. The number of fused-ring (bicyclic) bond motifs is 1. The van der Waals surface area contributed by atoms with Crippen molar-refractivity contribution in [3.8, 4) is 0 Å². The number of aliphatic imine (C=N–C) groups is 2. The first-order chi connectivity index (χ1) is 13.2. The van der Waals surface area contributed by atoms with E-state index in [1.54, 1.807) is 24.3 Å². The molecular formula is C19H16ClF3N4O. The van der Waals surface area contributed by atoms with Crippen LogP contribution in [0.4, 0.5) is 18.9 Å². The number of rotatable bonds is 2. The molecular weight excluding hydrogens is 393 g/mol. The lowest BCUT2D eigenvalue weighted by molar-refractivity contribution is -0.117. The Hall–Kier alpha value is -2.74. The minimum absolute atomic E-state index is 0.207. The number of anilines is 1. The molecule has 0 fully saturated rings. The van der Waals surface area contributed by atoms with Gasteiger partial charge in [0, 0.05) is 27.4 Å². The molecule has 0 bridgehead atoms. The lowest BCUT2D eigenvalue weighted by Crippen LogP contribution is -2.51. The van der Waals surface area contributed by atoms with Crippen LogP contribution in [0.1, 0.15) is 23.6 Å². The van der Waals surface area contributed by atoms with E-state index in [1.165, 1.54) is 12.1 Å². The van der Waals surface area contributed by atoms with Crippen molar-refractivity contribution in [3.05, 3.63) is 63.9 Å². The van der Waals surface area contributed by atoms with Gasteiger partial charge in [-0.25, -0.2) is 9.38 Å². The average molecular weight is 409 g/mol. The van der Waals surface area contributed by atoms with Gasteiger partial charge in [-0.2, -0.15) is 8.78 Å². The molecule has 2 heterocycles. The summed E-state index contributed by atoms with van der Waals surface area (Å²) in [6.07, 6.45) is 0. The summed E-state index contributed by atoms with van der Waals surface area (Å²) in [6.45, 7) is 0.379. The number of ether oxygens (including phenoxy) is 1. The molecule has 2 aliphatic rings. The van der Waals surface area contributed by atoms with E-state index < -0.39 is 29.9 Å². The fraction of sp³-hybridized carbons (Fsp3) is 0.263. The fourth-order valence-electron chi connectivity index (χ4n) is 3.23. The van der Waals surface area contributed by atoms with E-state index >= 15 is 0 Å². The average Bonchev–Trinajstić information content (AvgIpc) is 2.65. The maximum Gasteiger partial charge on any atom is 0.310 e. The van der Waals surface area contributed by atoms with Gasteiger partial charge in [0.1, 0.15) is 11.7 Å². The predicted octanol–water partition coefficient (Wildman–Crippen LogP) is 4.05. The highest BCUT2D eigenvalue weighted by Gasteiger charge is 2.56. The quantitative estimate of drug-likeness (QED) is 0.787. The Bertz CT molecular complexity index is 1010.